The summed E-state index contributed by atoms with van der Waals surface area (Å²) in [6, 6.07) is 8.69. The first-order valence-corrected chi connectivity index (χ1v) is 4.75. The number of para-hydroxylation sites is 1. The van der Waals surface area contributed by atoms with Crippen LogP contribution in [0.1, 0.15) is 6.92 Å². The lowest BCUT2D eigenvalue weighted by molar-refractivity contribution is 0.151. The second kappa shape index (κ2) is 3.65. The van der Waals surface area contributed by atoms with Gasteiger partial charge in [0.1, 0.15) is 0 Å². The standard InChI is InChI=1S/C11H12N2O2/c1-2-15-11-7-9(12)8-5-3-4-6-10(8)13(11)14/h3-7,12,14H,2H2,1H3. The molecule has 2 aromatic rings. The lowest BCUT2D eigenvalue weighted by atomic mass is 10.2. The molecule has 0 aliphatic heterocycles. The Morgan fingerprint density at radius 3 is 2.87 bits per heavy atom. The van der Waals surface area contributed by atoms with Gasteiger partial charge in [-0.1, -0.05) is 18.2 Å². The summed E-state index contributed by atoms with van der Waals surface area (Å²) in [7, 11) is 0. The Morgan fingerprint density at radius 1 is 1.40 bits per heavy atom. The molecular weight excluding hydrogens is 192 g/mol. The van der Waals surface area contributed by atoms with Crippen molar-refractivity contribution in [1.29, 1.82) is 5.41 Å². The molecule has 0 bridgehead atoms. The summed E-state index contributed by atoms with van der Waals surface area (Å²) in [5.41, 5.74) is 0.577. The largest absolute Gasteiger partial charge is 0.477 e. The Kier molecular flexibility index (Phi) is 2.33. The van der Waals surface area contributed by atoms with E-state index in [1.807, 2.05) is 19.1 Å². The number of nitrogens with one attached hydrogen (secondary N) is 1. The number of ether oxygens (including phenoxy) is 1. The van der Waals surface area contributed by atoms with Gasteiger partial charge in [-0.2, -0.15) is 4.73 Å². The van der Waals surface area contributed by atoms with E-state index in [0.29, 0.717) is 28.7 Å². The second-order valence-electron chi connectivity index (χ2n) is 3.16. The molecule has 2 rings (SSSR count). The molecule has 78 valence electrons. The van der Waals surface area contributed by atoms with Crippen molar-refractivity contribution in [2.45, 2.75) is 6.92 Å². The molecule has 4 nitrogen and oxygen atoms in total. The lowest BCUT2D eigenvalue weighted by Crippen LogP contribution is -2.11. The molecule has 0 radical (unpaired) electrons. The van der Waals surface area contributed by atoms with Crippen LogP contribution < -0.4 is 10.1 Å². The highest BCUT2D eigenvalue weighted by Gasteiger charge is 2.05. The molecule has 1 heterocycles. The molecule has 0 atom stereocenters. The molecule has 0 amide bonds. The van der Waals surface area contributed by atoms with Crippen LogP contribution in [0.2, 0.25) is 0 Å². The first-order valence-electron chi connectivity index (χ1n) is 4.75. The zero-order valence-corrected chi connectivity index (χ0v) is 8.40. The Labute approximate surface area is 86.8 Å². The van der Waals surface area contributed by atoms with Gasteiger partial charge < -0.3 is 9.94 Å². The summed E-state index contributed by atoms with van der Waals surface area (Å²) in [5, 5.41) is 18.6. The monoisotopic (exact) mass is 204 g/mol. The number of aromatic nitrogens is 1. The van der Waals surface area contributed by atoms with Gasteiger partial charge in [0.05, 0.1) is 17.5 Å². The first kappa shape index (κ1) is 9.58. The van der Waals surface area contributed by atoms with E-state index in [0.717, 1.165) is 4.73 Å². The number of nitrogens with zero attached hydrogens (tertiary/aromatic N) is 1. The van der Waals surface area contributed by atoms with Crippen LogP contribution in [0, 0.1) is 5.41 Å². The van der Waals surface area contributed by atoms with Crippen LogP contribution in [0.4, 0.5) is 0 Å². The van der Waals surface area contributed by atoms with E-state index in [2.05, 4.69) is 0 Å². The van der Waals surface area contributed by atoms with Gasteiger partial charge in [0.2, 0.25) is 5.88 Å². The fraction of sp³-hybridized carbons (Fsp3) is 0.182. The van der Waals surface area contributed by atoms with Gasteiger partial charge in [-0.05, 0) is 13.0 Å². The summed E-state index contributed by atoms with van der Waals surface area (Å²) in [6.07, 6.45) is 0. The van der Waals surface area contributed by atoms with E-state index in [-0.39, 0.29) is 0 Å². The van der Waals surface area contributed by atoms with Crippen molar-refractivity contribution in [3.63, 3.8) is 0 Å². The third-order valence-electron chi connectivity index (χ3n) is 2.19. The van der Waals surface area contributed by atoms with Crippen LogP contribution >= 0.6 is 0 Å². The predicted molar refractivity (Wildman–Crippen MR) is 56.1 cm³/mol. The highest BCUT2D eigenvalue weighted by molar-refractivity contribution is 5.78. The average molecular weight is 204 g/mol. The highest BCUT2D eigenvalue weighted by atomic mass is 16.5. The molecule has 15 heavy (non-hydrogen) atoms. The normalized spacial score (nSPS) is 10.5. The van der Waals surface area contributed by atoms with Crippen molar-refractivity contribution in [2.24, 2.45) is 0 Å². The Morgan fingerprint density at radius 2 is 2.13 bits per heavy atom. The Hall–Kier alpha value is -1.97. The maximum atomic E-state index is 9.81. The van der Waals surface area contributed by atoms with Gasteiger partial charge in [-0.15, -0.1) is 0 Å². The van der Waals surface area contributed by atoms with E-state index in [1.54, 1.807) is 12.1 Å². The SMILES string of the molecule is CCOc1cc(=N)c2ccccc2n1O. The van der Waals surface area contributed by atoms with Crippen LogP contribution in [-0.2, 0) is 0 Å². The first-order chi connectivity index (χ1) is 7.24. The van der Waals surface area contributed by atoms with Gasteiger partial charge >= 0.3 is 0 Å². The zero-order valence-electron chi connectivity index (χ0n) is 8.40. The highest BCUT2D eigenvalue weighted by Crippen LogP contribution is 2.15. The van der Waals surface area contributed by atoms with Gasteiger partial charge in [-0.3, -0.25) is 5.41 Å². The Balaban J connectivity index is 2.79. The van der Waals surface area contributed by atoms with Crippen molar-refractivity contribution >= 4 is 10.9 Å². The van der Waals surface area contributed by atoms with Crippen molar-refractivity contribution in [2.75, 3.05) is 6.61 Å². The predicted octanol–water partition coefficient (Wildman–Crippen LogP) is 1.76. The van der Waals surface area contributed by atoms with Crippen molar-refractivity contribution in [1.82, 2.24) is 4.73 Å². The molecule has 0 aliphatic carbocycles. The minimum absolute atomic E-state index is 0.293. The molecule has 1 aromatic heterocycles. The molecule has 0 spiro atoms. The molecule has 2 N–H and O–H groups in total. The third-order valence-corrected chi connectivity index (χ3v) is 2.19. The van der Waals surface area contributed by atoms with E-state index < -0.39 is 0 Å². The third kappa shape index (κ3) is 1.54. The van der Waals surface area contributed by atoms with Crippen molar-refractivity contribution < 1.29 is 9.94 Å². The van der Waals surface area contributed by atoms with Crippen LogP contribution in [0.5, 0.6) is 5.88 Å². The molecule has 0 saturated carbocycles. The summed E-state index contributed by atoms with van der Waals surface area (Å²) < 4.78 is 6.19. The molecule has 0 fully saturated rings. The van der Waals surface area contributed by atoms with Gasteiger partial charge in [0.15, 0.2) is 0 Å². The van der Waals surface area contributed by atoms with Crippen LogP contribution in [0.15, 0.2) is 30.3 Å². The number of pyridine rings is 1. The Bertz CT molecular complexity index is 546. The van der Waals surface area contributed by atoms with E-state index >= 15 is 0 Å². The van der Waals surface area contributed by atoms with E-state index in [1.165, 1.54) is 6.07 Å². The van der Waals surface area contributed by atoms with Crippen molar-refractivity contribution in [3.8, 4) is 5.88 Å². The average Bonchev–Trinajstić information content (AvgIpc) is 2.26. The molecule has 0 unspecified atom stereocenters. The fourth-order valence-electron chi connectivity index (χ4n) is 1.52. The fourth-order valence-corrected chi connectivity index (χ4v) is 1.52. The van der Waals surface area contributed by atoms with Gasteiger partial charge in [-0.25, -0.2) is 0 Å². The number of benzene rings is 1. The van der Waals surface area contributed by atoms with Crippen LogP contribution in [0.3, 0.4) is 0 Å². The molecule has 1 aromatic carbocycles. The zero-order chi connectivity index (χ0) is 10.8. The van der Waals surface area contributed by atoms with Gasteiger partial charge in [0, 0.05) is 11.5 Å². The number of fused-ring (bicyclic) bond motifs is 1. The van der Waals surface area contributed by atoms with Crippen LogP contribution in [0.25, 0.3) is 10.9 Å². The summed E-state index contributed by atoms with van der Waals surface area (Å²) in [5.74, 6) is 0.293. The van der Waals surface area contributed by atoms with Gasteiger partial charge in [0.25, 0.3) is 0 Å². The maximum absolute atomic E-state index is 9.81. The number of hydrogen-bond donors (Lipinski definition) is 2. The molecule has 0 aliphatic rings. The molecular formula is C11H12N2O2. The molecule has 4 heteroatoms. The second-order valence-corrected chi connectivity index (χ2v) is 3.16. The quantitative estimate of drug-likeness (QED) is 0.732. The minimum Gasteiger partial charge on any atom is -0.477 e. The topological polar surface area (TPSA) is 58.2 Å². The smallest absolute Gasteiger partial charge is 0.229 e. The summed E-state index contributed by atoms with van der Waals surface area (Å²) in [6.45, 7) is 2.29. The number of rotatable bonds is 2. The molecule has 0 saturated heterocycles. The summed E-state index contributed by atoms with van der Waals surface area (Å²) >= 11 is 0. The summed E-state index contributed by atoms with van der Waals surface area (Å²) in [4.78, 5) is 0. The lowest BCUT2D eigenvalue weighted by Gasteiger charge is -2.10. The van der Waals surface area contributed by atoms with E-state index in [4.69, 9.17) is 10.1 Å². The maximum Gasteiger partial charge on any atom is 0.229 e. The number of hydrogen-bond acceptors (Lipinski definition) is 3. The van der Waals surface area contributed by atoms with E-state index in [9.17, 15) is 5.21 Å². The van der Waals surface area contributed by atoms with Crippen LogP contribution in [-0.4, -0.2) is 16.5 Å². The van der Waals surface area contributed by atoms with Crippen molar-refractivity contribution in [3.05, 3.63) is 35.7 Å². The minimum atomic E-state index is 0.293.